The number of pyridine rings is 1. The van der Waals surface area contributed by atoms with Crippen molar-refractivity contribution in [1.29, 1.82) is 0 Å². The SMILES string of the molecule is O=C(Nc1ccc2c(c1)N(C(=O)c1ccncc1)CC2)c1ccc([N+](=O)[O-])cc1Cl. The van der Waals surface area contributed by atoms with Crippen molar-refractivity contribution in [3.8, 4) is 0 Å². The first-order chi connectivity index (χ1) is 14.4. The molecular formula is C21H15ClN4O4. The van der Waals surface area contributed by atoms with Crippen molar-refractivity contribution in [3.63, 3.8) is 0 Å². The van der Waals surface area contributed by atoms with Crippen molar-refractivity contribution in [1.82, 2.24) is 4.98 Å². The quantitative estimate of drug-likeness (QED) is 0.503. The van der Waals surface area contributed by atoms with Crippen LogP contribution in [0, 0.1) is 10.1 Å². The van der Waals surface area contributed by atoms with E-state index in [2.05, 4.69) is 10.3 Å². The molecule has 4 rings (SSSR count). The molecule has 2 amide bonds. The number of nitrogens with zero attached hydrogens (tertiary/aromatic N) is 3. The number of carbonyl (C=O) groups is 2. The number of benzene rings is 2. The molecule has 0 atom stereocenters. The fraction of sp³-hybridized carbons (Fsp3) is 0.0952. The van der Waals surface area contributed by atoms with Crippen LogP contribution in [-0.4, -0.2) is 28.3 Å². The molecule has 1 aromatic heterocycles. The molecule has 0 saturated heterocycles. The van der Waals surface area contributed by atoms with Crippen molar-refractivity contribution < 1.29 is 14.5 Å². The molecule has 0 aliphatic carbocycles. The third-order valence-corrected chi connectivity index (χ3v) is 5.13. The highest BCUT2D eigenvalue weighted by Gasteiger charge is 2.26. The lowest BCUT2D eigenvalue weighted by Crippen LogP contribution is -2.28. The molecule has 1 aliphatic rings. The van der Waals surface area contributed by atoms with E-state index in [0.717, 1.165) is 17.3 Å². The Bertz CT molecular complexity index is 1170. The average Bonchev–Trinajstić information content (AvgIpc) is 3.16. The summed E-state index contributed by atoms with van der Waals surface area (Å²) in [5.74, 6) is -0.641. The van der Waals surface area contributed by atoms with Gasteiger partial charge in [0.15, 0.2) is 0 Å². The minimum atomic E-state index is -0.581. The molecule has 9 heteroatoms. The van der Waals surface area contributed by atoms with Crippen LogP contribution in [0.1, 0.15) is 26.3 Å². The molecule has 3 aromatic rings. The zero-order valence-corrected chi connectivity index (χ0v) is 16.3. The number of carbonyl (C=O) groups excluding carboxylic acids is 2. The molecule has 30 heavy (non-hydrogen) atoms. The van der Waals surface area contributed by atoms with Crippen LogP contribution in [-0.2, 0) is 6.42 Å². The minimum absolute atomic E-state index is 0.0163. The summed E-state index contributed by atoms with van der Waals surface area (Å²) in [5.41, 5.74) is 2.67. The highest BCUT2D eigenvalue weighted by atomic mass is 35.5. The summed E-state index contributed by atoms with van der Waals surface area (Å²) in [6, 6.07) is 12.3. The number of nitrogens with one attached hydrogen (secondary N) is 1. The lowest BCUT2D eigenvalue weighted by molar-refractivity contribution is -0.384. The van der Waals surface area contributed by atoms with Crippen molar-refractivity contribution in [2.75, 3.05) is 16.8 Å². The Morgan fingerprint density at radius 3 is 2.57 bits per heavy atom. The summed E-state index contributed by atoms with van der Waals surface area (Å²) < 4.78 is 0. The van der Waals surface area contributed by atoms with E-state index in [9.17, 15) is 19.7 Å². The van der Waals surface area contributed by atoms with Crippen LogP contribution in [0.3, 0.4) is 0 Å². The molecule has 0 radical (unpaired) electrons. The maximum Gasteiger partial charge on any atom is 0.270 e. The average molecular weight is 423 g/mol. The van der Waals surface area contributed by atoms with E-state index in [4.69, 9.17) is 11.6 Å². The van der Waals surface area contributed by atoms with Gasteiger partial charge < -0.3 is 10.2 Å². The Morgan fingerprint density at radius 1 is 1.10 bits per heavy atom. The highest BCUT2D eigenvalue weighted by Crippen LogP contribution is 2.32. The normalized spacial score (nSPS) is 12.4. The highest BCUT2D eigenvalue weighted by molar-refractivity contribution is 6.34. The second-order valence-corrected chi connectivity index (χ2v) is 7.07. The van der Waals surface area contributed by atoms with E-state index in [1.165, 1.54) is 12.1 Å². The topological polar surface area (TPSA) is 105 Å². The lowest BCUT2D eigenvalue weighted by atomic mass is 10.1. The number of hydrogen-bond donors (Lipinski definition) is 1. The van der Waals surface area contributed by atoms with Crippen LogP contribution in [0.4, 0.5) is 17.1 Å². The number of nitro benzene ring substituents is 1. The summed E-state index contributed by atoms with van der Waals surface area (Å²) in [6.45, 7) is 0.544. The van der Waals surface area contributed by atoms with E-state index in [1.54, 1.807) is 41.6 Å². The van der Waals surface area contributed by atoms with Gasteiger partial charge >= 0.3 is 0 Å². The third-order valence-electron chi connectivity index (χ3n) is 4.82. The van der Waals surface area contributed by atoms with Crippen LogP contribution in [0.15, 0.2) is 60.9 Å². The summed E-state index contributed by atoms with van der Waals surface area (Å²) in [7, 11) is 0. The van der Waals surface area contributed by atoms with Gasteiger partial charge in [-0.05, 0) is 42.3 Å². The van der Waals surface area contributed by atoms with Crippen molar-refractivity contribution in [2.24, 2.45) is 0 Å². The molecule has 2 heterocycles. The van der Waals surface area contributed by atoms with Gasteiger partial charge in [-0.2, -0.15) is 0 Å². The van der Waals surface area contributed by atoms with E-state index in [0.29, 0.717) is 24.2 Å². The molecule has 0 fully saturated rings. The standard InChI is InChI=1S/C21H15ClN4O4/c22-18-12-16(26(29)30)3-4-17(18)20(27)24-15-2-1-13-7-10-25(19(13)11-15)21(28)14-5-8-23-9-6-14/h1-6,8-9,11-12H,7,10H2,(H,24,27). The second-order valence-electron chi connectivity index (χ2n) is 6.66. The molecule has 0 unspecified atom stereocenters. The van der Waals surface area contributed by atoms with Gasteiger partial charge in [0.1, 0.15) is 0 Å². The maximum atomic E-state index is 12.8. The number of hydrogen-bond acceptors (Lipinski definition) is 5. The van der Waals surface area contributed by atoms with Crippen LogP contribution in [0.5, 0.6) is 0 Å². The van der Waals surface area contributed by atoms with Crippen LogP contribution >= 0.6 is 11.6 Å². The first-order valence-electron chi connectivity index (χ1n) is 9.04. The molecule has 150 valence electrons. The Kier molecular flexibility index (Phi) is 5.16. The first kappa shape index (κ1) is 19.5. The number of fused-ring (bicyclic) bond motifs is 1. The Hall–Kier alpha value is -3.78. The molecule has 2 aromatic carbocycles. The summed E-state index contributed by atoms with van der Waals surface area (Å²) in [5, 5.41) is 13.6. The van der Waals surface area contributed by atoms with E-state index in [-0.39, 0.29) is 22.2 Å². The predicted octanol–water partition coefficient (Wildman–Crippen LogP) is 4.10. The number of amides is 2. The number of aromatic nitrogens is 1. The van der Waals surface area contributed by atoms with Gasteiger partial charge in [-0.15, -0.1) is 0 Å². The van der Waals surface area contributed by atoms with Crippen LogP contribution in [0.2, 0.25) is 5.02 Å². The van der Waals surface area contributed by atoms with E-state index in [1.807, 2.05) is 6.07 Å². The fourth-order valence-corrected chi connectivity index (χ4v) is 3.58. The van der Waals surface area contributed by atoms with Gasteiger partial charge in [-0.25, -0.2) is 0 Å². The van der Waals surface area contributed by atoms with Crippen molar-refractivity contribution in [3.05, 3.63) is 92.8 Å². The largest absolute Gasteiger partial charge is 0.322 e. The number of halogens is 1. The van der Waals surface area contributed by atoms with Gasteiger partial charge in [-0.3, -0.25) is 24.7 Å². The van der Waals surface area contributed by atoms with Gasteiger partial charge in [0.05, 0.1) is 15.5 Å². The molecule has 0 spiro atoms. The summed E-state index contributed by atoms with van der Waals surface area (Å²) >= 11 is 6.04. The van der Waals surface area contributed by atoms with Gasteiger partial charge in [0, 0.05) is 48.0 Å². The van der Waals surface area contributed by atoms with Gasteiger partial charge in [-0.1, -0.05) is 17.7 Å². The molecule has 1 N–H and O–H groups in total. The minimum Gasteiger partial charge on any atom is -0.322 e. The summed E-state index contributed by atoms with van der Waals surface area (Å²) in [4.78, 5) is 41.3. The predicted molar refractivity (Wildman–Crippen MR) is 112 cm³/mol. The number of non-ortho nitro benzene ring substituents is 1. The molecular weight excluding hydrogens is 408 g/mol. The van der Waals surface area contributed by atoms with E-state index >= 15 is 0 Å². The van der Waals surface area contributed by atoms with Gasteiger partial charge in [0.25, 0.3) is 17.5 Å². The summed E-state index contributed by atoms with van der Waals surface area (Å²) in [6.07, 6.45) is 3.85. The number of rotatable bonds is 4. The number of nitro groups is 1. The first-order valence-corrected chi connectivity index (χ1v) is 9.42. The van der Waals surface area contributed by atoms with Crippen molar-refractivity contribution in [2.45, 2.75) is 6.42 Å². The van der Waals surface area contributed by atoms with Crippen LogP contribution in [0.25, 0.3) is 0 Å². The molecule has 1 aliphatic heterocycles. The fourth-order valence-electron chi connectivity index (χ4n) is 3.32. The lowest BCUT2D eigenvalue weighted by Gasteiger charge is -2.18. The molecule has 8 nitrogen and oxygen atoms in total. The molecule has 0 saturated carbocycles. The Balaban J connectivity index is 1.57. The zero-order valence-electron chi connectivity index (χ0n) is 15.5. The second kappa shape index (κ2) is 7.92. The van der Waals surface area contributed by atoms with E-state index < -0.39 is 10.8 Å². The smallest absolute Gasteiger partial charge is 0.270 e. The Labute approximate surface area is 176 Å². The maximum absolute atomic E-state index is 12.8. The molecule has 0 bridgehead atoms. The van der Waals surface area contributed by atoms with Gasteiger partial charge in [0.2, 0.25) is 0 Å². The third kappa shape index (κ3) is 3.72. The zero-order chi connectivity index (χ0) is 21.3. The number of anilines is 2. The van der Waals surface area contributed by atoms with Crippen LogP contribution < -0.4 is 10.2 Å². The van der Waals surface area contributed by atoms with Crippen molar-refractivity contribution >= 4 is 40.5 Å². The monoisotopic (exact) mass is 422 g/mol. The Morgan fingerprint density at radius 2 is 1.87 bits per heavy atom.